The number of esters is 1. The number of methoxy groups -OCH3 is 3. The van der Waals surface area contributed by atoms with Crippen LogP contribution in [0.5, 0.6) is 23.0 Å². The van der Waals surface area contributed by atoms with Gasteiger partial charge >= 0.3 is 5.97 Å². The van der Waals surface area contributed by atoms with E-state index in [1.165, 1.54) is 52.0 Å². The molecule has 0 fully saturated rings. The smallest absolute Gasteiger partial charge is 0.379 e. The third-order valence-electron chi connectivity index (χ3n) is 4.53. The van der Waals surface area contributed by atoms with Crippen molar-refractivity contribution in [3.8, 4) is 23.0 Å². The SMILES string of the molecule is COc1cc(C(=O)NCC(=O)N/N=C\c2cccc(OC(=O)c3ccco3)c2)cc(OC)c1OC. The Morgan fingerprint density at radius 1 is 0.971 bits per heavy atom. The molecule has 0 aliphatic rings. The predicted molar refractivity (Wildman–Crippen MR) is 124 cm³/mol. The van der Waals surface area contributed by atoms with Crippen molar-refractivity contribution in [1.29, 1.82) is 0 Å². The number of carbonyl (C=O) groups is 3. The van der Waals surface area contributed by atoms with Crippen molar-refractivity contribution in [2.24, 2.45) is 5.10 Å². The molecule has 0 bridgehead atoms. The molecule has 0 radical (unpaired) electrons. The number of furan rings is 1. The zero-order valence-electron chi connectivity index (χ0n) is 19.2. The van der Waals surface area contributed by atoms with Crippen LogP contribution in [0.3, 0.4) is 0 Å². The molecule has 0 spiro atoms. The Morgan fingerprint density at radius 3 is 2.34 bits per heavy atom. The van der Waals surface area contributed by atoms with Gasteiger partial charge in [0.25, 0.3) is 11.8 Å². The van der Waals surface area contributed by atoms with Gasteiger partial charge in [-0.25, -0.2) is 10.2 Å². The molecule has 0 atom stereocenters. The summed E-state index contributed by atoms with van der Waals surface area (Å²) in [5.41, 5.74) is 3.09. The lowest BCUT2D eigenvalue weighted by Gasteiger charge is -2.14. The lowest BCUT2D eigenvalue weighted by Crippen LogP contribution is -2.34. The van der Waals surface area contributed by atoms with Gasteiger partial charge in [-0.15, -0.1) is 0 Å². The maximum Gasteiger partial charge on any atom is 0.379 e. The molecule has 11 heteroatoms. The van der Waals surface area contributed by atoms with E-state index in [-0.39, 0.29) is 23.6 Å². The van der Waals surface area contributed by atoms with Gasteiger partial charge in [-0.3, -0.25) is 9.59 Å². The number of hydrogen-bond donors (Lipinski definition) is 2. The summed E-state index contributed by atoms with van der Waals surface area (Å²) in [4.78, 5) is 36.5. The van der Waals surface area contributed by atoms with Gasteiger partial charge in [0.15, 0.2) is 11.5 Å². The van der Waals surface area contributed by atoms with Crippen LogP contribution in [0.2, 0.25) is 0 Å². The molecular weight excluding hydrogens is 458 g/mol. The second-order valence-corrected chi connectivity index (χ2v) is 6.83. The first-order valence-electron chi connectivity index (χ1n) is 10.2. The standard InChI is InChI=1S/C24H23N3O8/c1-31-19-11-16(12-20(32-2)22(19)33-3)23(29)25-14-21(28)27-26-13-15-6-4-7-17(10-15)35-24(30)18-8-5-9-34-18/h4-13H,14H2,1-3H3,(H,25,29)(H,27,28)/b26-13-. The van der Waals surface area contributed by atoms with E-state index in [1.807, 2.05) is 0 Å². The fourth-order valence-electron chi connectivity index (χ4n) is 2.90. The number of benzene rings is 2. The fraction of sp³-hybridized carbons (Fsp3) is 0.167. The number of nitrogens with one attached hydrogen (secondary N) is 2. The molecule has 2 aromatic carbocycles. The largest absolute Gasteiger partial charge is 0.493 e. The molecule has 0 aliphatic carbocycles. The highest BCUT2D eigenvalue weighted by atomic mass is 16.5. The molecule has 1 aromatic heterocycles. The number of amides is 2. The fourth-order valence-corrected chi connectivity index (χ4v) is 2.90. The average Bonchev–Trinajstić information content (AvgIpc) is 3.42. The van der Waals surface area contributed by atoms with E-state index >= 15 is 0 Å². The predicted octanol–water partition coefficient (Wildman–Crippen LogP) is 2.40. The Labute approximate surface area is 200 Å². The Bertz CT molecular complexity index is 1200. The molecule has 2 amide bonds. The van der Waals surface area contributed by atoms with E-state index in [0.29, 0.717) is 22.8 Å². The highest BCUT2D eigenvalue weighted by Gasteiger charge is 2.17. The second-order valence-electron chi connectivity index (χ2n) is 6.83. The van der Waals surface area contributed by atoms with Crippen molar-refractivity contribution < 1.29 is 37.7 Å². The molecule has 0 aliphatic heterocycles. The highest BCUT2D eigenvalue weighted by Crippen LogP contribution is 2.38. The molecule has 0 saturated heterocycles. The molecule has 35 heavy (non-hydrogen) atoms. The molecule has 0 saturated carbocycles. The van der Waals surface area contributed by atoms with Gasteiger partial charge in [0.2, 0.25) is 11.5 Å². The summed E-state index contributed by atoms with van der Waals surface area (Å²) in [6.45, 7) is -0.326. The number of hydrogen-bond acceptors (Lipinski definition) is 9. The van der Waals surface area contributed by atoms with Gasteiger partial charge in [0, 0.05) is 5.56 Å². The van der Waals surface area contributed by atoms with Crippen LogP contribution < -0.4 is 29.7 Å². The van der Waals surface area contributed by atoms with Gasteiger partial charge in [0.1, 0.15) is 5.75 Å². The quantitative estimate of drug-likeness (QED) is 0.195. The van der Waals surface area contributed by atoms with E-state index in [2.05, 4.69) is 15.8 Å². The number of rotatable bonds is 10. The van der Waals surface area contributed by atoms with Crippen molar-refractivity contribution in [2.75, 3.05) is 27.9 Å². The van der Waals surface area contributed by atoms with E-state index in [9.17, 15) is 14.4 Å². The number of hydrazone groups is 1. The van der Waals surface area contributed by atoms with Crippen molar-refractivity contribution in [3.63, 3.8) is 0 Å². The van der Waals surface area contributed by atoms with E-state index in [4.69, 9.17) is 23.4 Å². The summed E-state index contributed by atoms with van der Waals surface area (Å²) >= 11 is 0. The summed E-state index contributed by atoms with van der Waals surface area (Å²) in [6, 6.07) is 12.5. The lowest BCUT2D eigenvalue weighted by atomic mass is 10.1. The van der Waals surface area contributed by atoms with Crippen molar-refractivity contribution in [1.82, 2.24) is 10.7 Å². The first kappa shape index (κ1) is 24.8. The normalized spacial score (nSPS) is 10.5. The maximum absolute atomic E-state index is 12.5. The van der Waals surface area contributed by atoms with Crippen molar-refractivity contribution in [2.45, 2.75) is 0 Å². The Balaban J connectivity index is 1.53. The van der Waals surface area contributed by atoms with E-state index in [0.717, 1.165) is 0 Å². The van der Waals surface area contributed by atoms with Crippen molar-refractivity contribution in [3.05, 3.63) is 71.7 Å². The average molecular weight is 481 g/mol. The van der Waals surface area contributed by atoms with Gasteiger partial charge < -0.3 is 28.7 Å². The molecule has 3 aromatic rings. The zero-order chi connectivity index (χ0) is 25.2. The lowest BCUT2D eigenvalue weighted by molar-refractivity contribution is -0.120. The summed E-state index contributed by atoms with van der Waals surface area (Å²) in [6.07, 6.45) is 2.73. The number of carbonyl (C=O) groups excluding carboxylic acids is 3. The monoisotopic (exact) mass is 481 g/mol. The Hall–Kier alpha value is -4.80. The van der Waals surface area contributed by atoms with Crippen LogP contribution in [0, 0.1) is 0 Å². The third-order valence-corrected chi connectivity index (χ3v) is 4.53. The highest BCUT2D eigenvalue weighted by molar-refractivity contribution is 5.97. The molecule has 11 nitrogen and oxygen atoms in total. The zero-order valence-corrected chi connectivity index (χ0v) is 19.2. The number of ether oxygens (including phenoxy) is 4. The van der Waals surface area contributed by atoms with Crippen molar-refractivity contribution >= 4 is 24.0 Å². The molecule has 0 unspecified atom stereocenters. The van der Waals surface area contributed by atoms with Crippen LogP contribution in [0.1, 0.15) is 26.5 Å². The third kappa shape index (κ3) is 6.60. The van der Waals surface area contributed by atoms with E-state index < -0.39 is 17.8 Å². The van der Waals surface area contributed by atoms with Gasteiger partial charge in [-0.2, -0.15) is 5.10 Å². The van der Waals surface area contributed by atoms with Crippen LogP contribution in [0.4, 0.5) is 0 Å². The molecule has 3 rings (SSSR count). The Kier molecular flexibility index (Phi) is 8.43. The second kappa shape index (κ2) is 11.9. The minimum atomic E-state index is -0.639. The maximum atomic E-state index is 12.5. The summed E-state index contributed by atoms with van der Waals surface area (Å²) in [5, 5.41) is 6.34. The molecule has 1 heterocycles. The molecule has 182 valence electrons. The van der Waals surface area contributed by atoms with Gasteiger partial charge in [-0.1, -0.05) is 12.1 Å². The Morgan fingerprint density at radius 2 is 1.71 bits per heavy atom. The van der Waals surface area contributed by atoms with Crippen LogP contribution in [-0.2, 0) is 4.79 Å². The first-order valence-corrected chi connectivity index (χ1v) is 10.2. The number of nitrogens with zero attached hydrogens (tertiary/aromatic N) is 1. The van der Waals surface area contributed by atoms with Crippen LogP contribution >= 0.6 is 0 Å². The van der Waals surface area contributed by atoms with Crippen LogP contribution in [0.15, 0.2) is 64.3 Å². The minimum absolute atomic E-state index is 0.0740. The first-order chi connectivity index (χ1) is 16.9. The summed E-state index contributed by atoms with van der Waals surface area (Å²) in [7, 11) is 4.32. The van der Waals surface area contributed by atoms with Gasteiger partial charge in [-0.05, 0) is 42.0 Å². The van der Waals surface area contributed by atoms with E-state index in [1.54, 1.807) is 30.3 Å². The summed E-state index contributed by atoms with van der Waals surface area (Å²) < 4.78 is 25.9. The van der Waals surface area contributed by atoms with Crippen LogP contribution in [0.25, 0.3) is 0 Å². The van der Waals surface area contributed by atoms with Crippen LogP contribution in [-0.4, -0.2) is 51.9 Å². The van der Waals surface area contributed by atoms with Gasteiger partial charge in [0.05, 0.1) is 40.4 Å². The molecular formula is C24H23N3O8. The topological polar surface area (TPSA) is 138 Å². The minimum Gasteiger partial charge on any atom is -0.493 e. The summed E-state index contributed by atoms with van der Waals surface area (Å²) in [5.74, 6) is -0.397. The molecule has 2 N–H and O–H groups in total.